The number of carboxylic acid groups (broad SMARTS) is 1. The fourth-order valence-corrected chi connectivity index (χ4v) is 4.67. The second-order valence-electron chi connectivity index (χ2n) is 7.92. The minimum Gasteiger partial charge on any atom is -0.481 e. The second kappa shape index (κ2) is 12.2. The molecule has 2 rings (SSSR count). The standard InChI is InChI=1S/C24H35ClO2/c1-2-3-4-7-10-19-13-15-21(16-14-19)24-20(17-18-22(24)25)11-8-5-6-9-12-23(26)27/h5,8,13-16,20,22,24H,2-4,6-7,9-12,17-18H2,1H3,(H,26,27)/b8-5-/t20-,22+,24?/m0/s1. The minimum atomic E-state index is -0.710. The molecule has 1 aliphatic rings. The van der Waals surface area contributed by atoms with Crippen molar-refractivity contribution >= 4 is 17.6 Å². The molecule has 150 valence electrons. The lowest BCUT2D eigenvalue weighted by Crippen LogP contribution is -2.12. The van der Waals surface area contributed by atoms with Crippen LogP contribution in [0.2, 0.25) is 0 Å². The third-order valence-electron chi connectivity index (χ3n) is 5.76. The number of carbonyl (C=O) groups is 1. The zero-order chi connectivity index (χ0) is 19.5. The Morgan fingerprint density at radius 2 is 1.89 bits per heavy atom. The molecule has 0 spiro atoms. The van der Waals surface area contributed by atoms with Crippen molar-refractivity contribution < 1.29 is 9.90 Å². The molecule has 1 aromatic carbocycles. The number of hydrogen-bond donors (Lipinski definition) is 1. The van der Waals surface area contributed by atoms with Gasteiger partial charge in [0.25, 0.3) is 0 Å². The Hall–Kier alpha value is -1.28. The van der Waals surface area contributed by atoms with Gasteiger partial charge < -0.3 is 5.11 Å². The third kappa shape index (κ3) is 7.70. The monoisotopic (exact) mass is 390 g/mol. The molecule has 0 aliphatic heterocycles. The van der Waals surface area contributed by atoms with E-state index in [-0.39, 0.29) is 11.8 Å². The maximum absolute atomic E-state index is 10.5. The normalized spacial score (nSPS) is 22.5. The van der Waals surface area contributed by atoms with E-state index < -0.39 is 5.97 Å². The van der Waals surface area contributed by atoms with E-state index >= 15 is 0 Å². The Morgan fingerprint density at radius 1 is 1.11 bits per heavy atom. The van der Waals surface area contributed by atoms with Gasteiger partial charge >= 0.3 is 5.97 Å². The first-order chi connectivity index (χ1) is 13.1. The Bertz CT molecular complexity index is 579. The van der Waals surface area contributed by atoms with E-state index in [1.807, 2.05) is 0 Å². The number of allylic oxidation sites excluding steroid dienone is 2. The molecule has 0 saturated heterocycles. The number of alkyl halides is 1. The predicted octanol–water partition coefficient (Wildman–Crippen LogP) is 7.11. The summed E-state index contributed by atoms with van der Waals surface area (Å²) in [6.07, 6.45) is 15.9. The van der Waals surface area contributed by atoms with E-state index in [1.165, 1.54) is 49.7 Å². The van der Waals surface area contributed by atoms with Gasteiger partial charge in [0.2, 0.25) is 0 Å². The summed E-state index contributed by atoms with van der Waals surface area (Å²) in [7, 11) is 0. The molecule has 3 heteroatoms. The van der Waals surface area contributed by atoms with E-state index in [0.717, 1.165) is 25.7 Å². The zero-order valence-corrected chi connectivity index (χ0v) is 17.5. The summed E-state index contributed by atoms with van der Waals surface area (Å²) in [6.45, 7) is 2.25. The number of rotatable bonds is 12. The number of hydrogen-bond acceptors (Lipinski definition) is 1. The van der Waals surface area contributed by atoms with Crippen molar-refractivity contribution in [1.29, 1.82) is 0 Å². The number of benzene rings is 1. The van der Waals surface area contributed by atoms with Gasteiger partial charge in [-0.15, -0.1) is 11.6 Å². The topological polar surface area (TPSA) is 37.3 Å². The molecule has 2 nitrogen and oxygen atoms in total. The lowest BCUT2D eigenvalue weighted by molar-refractivity contribution is -0.137. The first-order valence-electron chi connectivity index (χ1n) is 10.7. The van der Waals surface area contributed by atoms with E-state index in [9.17, 15) is 4.79 Å². The van der Waals surface area contributed by atoms with Crippen LogP contribution in [0.5, 0.6) is 0 Å². The van der Waals surface area contributed by atoms with Gasteiger partial charge in [-0.3, -0.25) is 4.79 Å². The van der Waals surface area contributed by atoms with Crippen LogP contribution >= 0.6 is 11.6 Å². The van der Waals surface area contributed by atoms with Gasteiger partial charge in [-0.2, -0.15) is 0 Å². The van der Waals surface area contributed by atoms with Crippen LogP contribution in [-0.2, 0) is 11.2 Å². The summed E-state index contributed by atoms with van der Waals surface area (Å²) >= 11 is 6.67. The molecule has 3 atom stereocenters. The molecule has 27 heavy (non-hydrogen) atoms. The van der Waals surface area contributed by atoms with E-state index in [4.69, 9.17) is 16.7 Å². The molecule has 1 aromatic rings. The average molecular weight is 391 g/mol. The van der Waals surface area contributed by atoms with E-state index in [1.54, 1.807) is 0 Å². The van der Waals surface area contributed by atoms with Crippen molar-refractivity contribution in [2.75, 3.05) is 0 Å². The average Bonchev–Trinajstić information content (AvgIpc) is 3.02. The van der Waals surface area contributed by atoms with Gasteiger partial charge in [0, 0.05) is 17.7 Å². The van der Waals surface area contributed by atoms with Crippen molar-refractivity contribution in [3.63, 3.8) is 0 Å². The first kappa shape index (κ1) is 22.0. The number of unbranched alkanes of at least 4 members (excludes halogenated alkanes) is 4. The van der Waals surface area contributed by atoms with Crippen molar-refractivity contribution in [1.82, 2.24) is 0 Å². The van der Waals surface area contributed by atoms with Gasteiger partial charge in [-0.1, -0.05) is 62.6 Å². The highest BCUT2D eigenvalue weighted by atomic mass is 35.5. The predicted molar refractivity (Wildman–Crippen MR) is 115 cm³/mol. The van der Waals surface area contributed by atoms with Crippen molar-refractivity contribution in [2.24, 2.45) is 5.92 Å². The van der Waals surface area contributed by atoms with Crippen LogP contribution in [0.1, 0.15) is 88.2 Å². The molecule has 1 saturated carbocycles. The van der Waals surface area contributed by atoms with Crippen molar-refractivity contribution in [3.8, 4) is 0 Å². The number of carboxylic acids is 1. The fraction of sp³-hybridized carbons (Fsp3) is 0.625. The van der Waals surface area contributed by atoms with Crippen LogP contribution in [-0.4, -0.2) is 16.5 Å². The molecule has 0 radical (unpaired) electrons. The summed E-state index contributed by atoms with van der Waals surface area (Å²) in [5.41, 5.74) is 2.82. The Balaban J connectivity index is 1.84. The molecular weight excluding hydrogens is 356 g/mol. The van der Waals surface area contributed by atoms with E-state index in [0.29, 0.717) is 11.8 Å². The molecule has 1 N–H and O–H groups in total. The summed E-state index contributed by atoms with van der Waals surface area (Å²) in [5, 5.41) is 8.91. The minimum absolute atomic E-state index is 0.228. The summed E-state index contributed by atoms with van der Waals surface area (Å²) in [5.74, 6) is 0.321. The van der Waals surface area contributed by atoms with Crippen molar-refractivity contribution in [3.05, 3.63) is 47.5 Å². The highest BCUT2D eigenvalue weighted by Crippen LogP contribution is 2.44. The maximum atomic E-state index is 10.5. The van der Waals surface area contributed by atoms with Gasteiger partial charge in [0.1, 0.15) is 0 Å². The van der Waals surface area contributed by atoms with Crippen LogP contribution in [0.4, 0.5) is 0 Å². The molecule has 0 aromatic heterocycles. The van der Waals surface area contributed by atoms with Gasteiger partial charge in [0.05, 0.1) is 0 Å². The second-order valence-corrected chi connectivity index (χ2v) is 8.49. The number of aryl methyl sites for hydroxylation is 1. The van der Waals surface area contributed by atoms with Crippen LogP contribution in [0, 0.1) is 5.92 Å². The lowest BCUT2D eigenvalue weighted by Gasteiger charge is -2.22. The molecule has 1 fully saturated rings. The van der Waals surface area contributed by atoms with Gasteiger partial charge in [0.15, 0.2) is 0 Å². The highest BCUT2D eigenvalue weighted by molar-refractivity contribution is 6.21. The third-order valence-corrected chi connectivity index (χ3v) is 6.25. The van der Waals surface area contributed by atoms with Crippen molar-refractivity contribution in [2.45, 2.75) is 88.8 Å². The number of halogens is 1. The van der Waals surface area contributed by atoms with Crippen LogP contribution < -0.4 is 0 Å². The van der Waals surface area contributed by atoms with Gasteiger partial charge in [-0.05, 0) is 62.0 Å². The molecule has 0 amide bonds. The summed E-state index contributed by atoms with van der Waals surface area (Å²) in [4.78, 5) is 10.5. The quantitative estimate of drug-likeness (QED) is 0.234. The Kier molecular flexibility index (Phi) is 9.97. The van der Waals surface area contributed by atoms with Crippen LogP contribution in [0.15, 0.2) is 36.4 Å². The summed E-state index contributed by atoms with van der Waals surface area (Å²) in [6, 6.07) is 9.18. The zero-order valence-electron chi connectivity index (χ0n) is 16.7. The van der Waals surface area contributed by atoms with Crippen LogP contribution in [0.25, 0.3) is 0 Å². The smallest absolute Gasteiger partial charge is 0.303 e. The molecule has 1 aliphatic carbocycles. The SMILES string of the molecule is CCCCCCc1ccc(C2[C@@H](C/C=C\CCCC(=O)O)CC[C@H]2Cl)cc1. The molecule has 0 bridgehead atoms. The maximum Gasteiger partial charge on any atom is 0.303 e. The fourth-order valence-electron chi connectivity index (χ4n) is 4.20. The Labute approximate surface area is 170 Å². The van der Waals surface area contributed by atoms with E-state index in [2.05, 4.69) is 43.3 Å². The molecule has 1 unspecified atom stereocenters. The highest BCUT2D eigenvalue weighted by Gasteiger charge is 2.35. The Morgan fingerprint density at radius 3 is 2.59 bits per heavy atom. The largest absolute Gasteiger partial charge is 0.481 e. The van der Waals surface area contributed by atoms with Crippen LogP contribution in [0.3, 0.4) is 0 Å². The lowest BCUT2D eigenvalue weighted by atomic mass is 9.86. The summed E-state index contributed by atoms with van der Waals surface area (Å²) < 4.78 is 0. The van der Waals surface area contributed by atoms with Gasteiger partial charge in [-0.25, -0.2) is 0 Å². The molecular formula is C24H35ClO2. The first-order valence-corrected chi connectivity index (χ1v) is 11.1. The molecule has 0 heterocycles. The number of aliphatic carboxylic acids is 1.